The van der Waals surface area contributed by atoms with Crippen LogP contribution in [0.1, 0.15) is 12.8 Å². The molecule has 0 unspecified atom stereocenters. The van der Waals surface area contributed by atoms with E-state index in [-0.39, 0.29) is 5.01 Å². The van der Waals surface area contributed by atoms with Crippen LogP contribution in [-0.2, 0) is 9.59 Å². The molecule has 9 heteroatoms. The molecule has 2 amide bonds. The number of hydrogen-bond donors (Lipinski definition) is 3. The lowest BCUT2D eigenvalue weighted by molar-refractivity contribution is -0.143. The molecule has 9 nitrogen and oxygen atoms in total. The first-order valence-corrected chi connectivity index (χ1v) is 3.76. The lowest BCUT2D eigenvalue weighted by Gasteiger charge is -2.17. The molecule has 0 aromatic rings. The van der Waals surface area contributed by atoms with Gasteiger partial charge in [0.1, 0.15) is 0 Å². The first-order valence-electron chi connectivity index (χ1n) is 3.76. The van der Waals surface area contributed by atoms with E-state index in [0.29, 0.717) is 0 Å². The summed E-state index contributed by atoms with van der Waals surface area (Å²) in [6.07, 6.45) is -0.963. The minimum atomic E-state index is -1.66. The van der Waals surface area contributed by atoms with Crippen molar-refractivity contribution in [3.63, 3.8) is 0 Å². The second kappa shape index (κ2) is 5.52. The van der Waals surface area contributed by atoms with Gasteiger partial charge < -0.3 is 15.9 Å². The summed E-state index contributed by atoms with van der Waals surface area (Å²) in [5.74, 6) is -2.80. The Morgan fingerprint density at radius 3 is 2.13 bits per heavy atom. The molecule has 0 aliphatic carbocycles. The quantitative estimate of drug-likeness (QED) is 0.399. The van der Waals surface area contributed by atoms with E-state index in [1.165, 1.54) is 0 Å². The number of nitrogens with two attached hydrogens (primary N) is 1. The molecule has 0 aromatic heterocycles. The van der Waals surface area contributed by atoms with Crippen LogP contribution in [0.15, 0.2) is 5.29 Å². The highest BCUT2D eigenvalue weighted by Crippen LogP contribution is 2.08. The monoisotopic (exact) mass is 219 g/mol. The van der Waals surface area contributed by atoms with Gasteiger partial charge >= 0.3 is 18.0 Å². The predicted octanol–water partition coefficient (Wildman–Crippen LogP) is -0.633. The molecule has 0 aliphatic rings. The fraction of sp³-hybridized carbons (Fsp3) is 0.500. The van der Waals surface area contributed by atoms with Gasteiger partial charge in [-0.1, -0.05) is 0 Å². The van der Waals surface area contributed by atoms with Gasteiger partial charge in [-0.15, -0.1) is 4.91 Å². The van der Waals surface area contributed by atoms with Crippen molar-refractivity contribution in [1.82, 2.24) is 5.01 Å². The molecular weight excluding hydrogens is 210 g/mol. The SMILES string of the molecule is NC(=O)N(N=O)[C@@H](CCC(=O)O)C(=O)O. The van der Waals surface area contributed by atoms with Crippen molar-refractivity contribution in [3.8, 4) is 0 Å². The molecular formula is C6H9N3O6. The van der Waals surface area contributed by atoms with Crippen LogP contribution in [0.4, 0.5) is 4.79 Å². The second-order valence-electron chi connectivity index (χ2n) is 2.55. The third kappa shape index (κ3) is 4.02. The van der Waals surface area contributed by atoms with Crippen LogP contribution in [0.5, 0.6) is 0 Å². The fourth-order valence-corrected chi connectivity index (χ4v) is 0.861. The number of urea groups is 1. The number of nitroso groups, excluding NO2 is 1. The Kier molecular flexibility index (Phi) is 4.72. The van der Waals surface area contributed by atoms with E-state index >= 15 is 0 Å². The molecule has 0 fully saturated rings. The third-order valence-electron chi connectivity index (χ3n) is 1.53. The molecule has 1 atom stereocenters. The Bertz CT molecular complexity index is 291. The minimum absolute atomic E-state index is 0.00866. The summed E-state index contributed by atoms with van der Waals surface area (Å²) in [4.78, 5) is 41.4. The Morgan fingerprint density at radius 2 is 1.87 bits per heavy atom. The third-order valence-corrected chi connectivity index (χ3v) is 1.53. The summed E-state index contributed by atoms with van der Waals surface area (Å²) >= 11 is 0. The molecule has 15 heavy (non-hydrogen) atoms. The molecule has 84 valence electrons. The highest BCUT2D eigenvalue weighted by Gasteiger charge is 2.30. The lowest BCUT2D eigenvalue weighted by Crippen LogP contribution is -2.44. The Morgan fingerprint density at radius 1 is 1.33 bits per heavy atom. The summed E-state index contributed by atoms with van der Waals surface area (Å²) in [5, 5.41) is 19.0. The van der Waals surface area contributed by atoms with Crippen LogP contribution in [0.3, 0.4) is 0 Å². The van der Waals surface area contributed by atoms with E-state index in [9.17, 15) is 19.3 Å². The molecule has 0 rings (SSSR count). The molecule has 0 saturated heterocycles. The molecule has 0 heterocycles. The lowest BCUT2D eigenvalue weighted by atomic mass is 10.1. The number of primary amides is 1. The van der Waals surface area contributed by atoms with Crippen molar-refractivity contribution in [2.75, 3.05) is 0 Å². The van der Waals surface area contributed by atoms with Crippen LogP contribution in [0, 0.1) is 4.91 Å². The number of amides is 2. The smallest absolute Gasteiger partial charge is 0.338 e. The molecule has 0 saturated carbocycles. The van der Waals surface area contributed by atoms with E-state index in [1.807, 2.05) is 0 Å². The number of carboxylic acids is 2. The summed E-state index contributed by atoms with van der Waals surface area (Å²) < 4.78 is 0. The van der Waals surface area contributed by atoms with Crippen LogP contribution >= 0.6 is 0 Å². The zero-order valence-electron chi connectivity index (χ0n) is 7.49. The van der Waals surface area contributed by atoms with Gasteiger partial charge in [-0.25, -0.2) is 9.59 Å². The molecule has 0 bridgehead atoms. The maximum absolute atomic E-state index is 10.6. The first-order chi connectivity index (χ1) is 6.90. The van der Waals surface area contributed by atoms with Gasteiger partial charge in [0.15, 0.2) is 6.04 Å². The van der Waals surface area contributed by atoms with E-state index in [0.717, 1.165) is 0 Å². The zero-order valence-corrected chi connectivity index (χ0v) is 7.49. The number of carboxylic acid groups (broad SMARTS) is 2. The minimum Gasteiger partial charge on any atom is -0.481 e. The number of nitrogens with zero attached hydrogens (tertiary/aromatic N) is 2. The first kappa shape index (κ1) is 12.8. The van der Waals surface area contributed by atoms with Gasteiger partial charge in [-0.3, -0.25) is 4.79 Å². The molecule has 0 spiro atoms. The van der Waals surface area contributed by atoms with Gasteiger partial charge in [-0.05, 0) is 6.42 Å². The van der Waals surface area contributed by atoms with E-state index in [2.05, 4.69) is 11.0 Å². The van der Waals surface area contributed by atoms with Gasteiger partial charge in [0, 0.05) is 6.42 Å². The Hall–Kier alpha value is -2.19. The highest BCUT2D eigenvalue weighted by molar-refractivity contribution is 5.82. The van der Waals surface area contributed by atoms with Gasteiger partial charge in [0.2, 0.25) is 0 Å². The van der Waals surface area contributed by atoms with Crippen molar-refractivity contribution in [2.45, 2.75) is 18.9 Å². The van der Waals surface area contributed by atoms with Crippen molar-refractivity contribution < 1.29 is 24.6 Å². The number of carbonyl (C=O) groups is 3. The zero-order chi connectivity index (χ0) is 12.0. The van der Waals surface area contributed by atoms with E-state index in [1.54, 1.807) is 0 Å². The fourth-order valence-electron chi connectivity index (χ4n) is 0.861. The number of carbonyl (C=O) groups excluding carboxylic acids is 1. The normalized spacial score (nSPS) is 11.5. The maximum Gasteiger partial charge on any atom is 0.338 e. The van der Waals surface area contributed by atoms with Gasteiger partial charge in [0.05, 0.1) is 5.29 Å². The Balaban J connectivity index is 4.63. The largest absolute Gasteiger partial charge is 0.481 e. The van der Waals surface area contributed by atoms with Crippen molar-refractivity contribution in [3.05, 3.63) is 4.91 Å². The number of aliphatic carboxylic acids is 2. The molecule has 4 N–H and O–H groups in total. The molecule has 0 aromatic carbocycles. The van der Waals surface area contributed by atoms with Crippen LogP contribution in [0.25, 0.3) is 0 Å². The standard InChI is InChI=1S/C6H9N3O6/c7-6(14)9(8-15)3(5(12)13)1-2-4(10)11/h3H,1-2H2,(H2,7,14)(H,10,11)(H,12,13)/t3-/m0/s1. The predicted molar refractivity (Wildman–Crippen MR) is 45.5 cm³/mol. The summed E-state index contributed by atoms with van der Waals surface area (Å²) in [6.45, 7) is 0. The Labute approximate surface area is 83.4 Å². The average molecular weight is 219 g/mol. The summed E-state index contributed by atoms with van der Waals surface area (Å²) in [5.41, 5.74) is 4.67. The topological polar surface area (TPSA) is 150 Å². The average Bonchev–Trinajstić information content (AvgIpc) is 2.10. The summed E-state index contributed by atoms with van der Waals surface area (Å²) in [7, 11) is 0. The van der Waals surface area contributed by atoms with Gasteiger partial charge in [0.25, 0.3) is 0 Å². The van der Waals surface area contributed by atoms with Crippen molar-refractivity contribution >= 4 is 18.0 Å². The van der Waals surface area contributed by atoms with Crippen molar-refractivity contribution in [1.29, 1.82) is 0 Å². The highest BCUT2D eigenvalue weighted by atomic mass is 16.4. The summed E-state index contributed by atoms with van der Waals surface area (Å²) in [6, 6.07) is -3.00. The van der Waals surface area contributed by atoms with Gasteiger partial charge in [-0.2, -0.15) is 5.01 Å². The van der Waals surface area contributed by atoms with E-state index < -0.39 is 36.9 Å². The van der Waals surface area contributed by atoms with E-state index in [4.69, 9.17) is 10.2 Å². The number of hydrogen-bond acceptors (Lipinski definition) is 5. The second-order valence-corrected chi connectivity index (χ2v) is 2.55. The molecule has 0 aliphatic heterocycles. The van der Waals surface area contributed by atoms with Crippen LogP contribution in [-0.4, -0.2) is 39.2 Å². The number of rotatable bonds is 6. The van der Waals surface area contributed by atoms with Crippen molar-refractivity contribution in [2.24, 2.45) is 11.0 Å². The van der Waals surface area contributed by atoms with Crippen LogP contribution in [0.2, 0.25) is 0 Å². The molecule has 0 radical (unpaired) electrons. The maximum atomic E-state index is 10.6. The van der Waals surface area contributed by atoms with Crippen LogP contribution < -0.4 is 5.73 Å².